The third kappa shape index (κ3) is 16.2. The van der Waals surface area contributed by atoms with Crippen LogP contribution in [-0.2, 0) is 40.5 Å². The van der Waals surface area contributed by atoms with E-state index in [2.05, 4.69) is 0 Å². The Morgan fingerprint density at radius 3 is 1.18 bits per heavy atom. The fourth-order valence-electron chi connectivity index (χ4n) is 8.71. The van der Waals surface area contributed by atoms with E-state index in [4.69, 9.17) is 39.8 Å². The maximum absolute atomic E-state index is 13.5. The van der Waals surface area contributed by atoms with Crippen LogP contribution in [0.1, 0.15) is 20.7 Å². The molecule has 0 unspecified atom stereocenters. The van der Waals surface area contributed by atoms with Gasteiger partial charge in [0.05, 0.1) is 66.9 Å². The molecule has 0 aliphatic carbocycles. The molecule has 88 heavy (non-hydrogen) atoms. The van der Waals surface area contributed by atoms with Crippen LogP contribution in [0.3, 0.4) is 0 Å². The molecule has 2 amide bonds. The van der Waals surface area contributed by atoms with E-state index in [0.29, 0.717) is 66.4 Å². The Bertz CT molecular complexity index is 4290. The Morgan fingerprint density at radius 1 is 0.511 bits per heavy atom. The van der Waals surface area contributed by atoms with Crippen molar-refractivity contribution < 1.29 is 80.5 Å². The zero-order chi connectivity index (χ0) is 61.3. The molecule has 0 saturated carbocycles. The summed E-state index contributed by atoms with van der Waals surface area (Å²) in [6.07, 6.45) is 0. The first-order chi connectivity index (χ1) is 40.8. The summed E-state index contributed by atoms with van der Waals surface area (Å²) in [5.41, 5.74) is 4.39. The summed E-state index contributed by atoms with van der Waals surface area (Å²) >= 11 is 2.67. The zero-order valence-corrected chi connectivity index (χ0v) is 55.7. The largest absolute Gasteiger partial charge is 0.748 e. The monoisotopic (exact) mass is 1330 g/mol. The van der Waals surface area contributed by atoms with Crippen molar-refractivity contribution in [1.29, 1.82) is 0 Å². The quantitative estimate of drug-likeness (QED) is 0.0528. The maximum atomic E-state index is 13.5. The molecule has 0 spiro atoms. The van der Waals surface area contributed by atoms with E-state index in [0.717, 1.165) is 19.2 Å². The van der Waals surface area contributed by atoms with Gasteiger partial charge in [0.2, 0.25) is 0 Å². The van der Waals surface area contributed by atoms with Gasteiger partial charge in [0.15, 0.2) is 22.4 Å². The van der Waals surface area contributed by atoms with Gasteiger partial charge in [0.25, 0.3) is 43.7 Å². The molecule has 0 aliphatic heterocycles. The Balaban J connectivity index is 0.00000501. The first-order valence-corrected chi connectivity index (χ1v) is 33.3. The van der Waals surface area contributed by atoms with Gasteiger partial charge in [-0.1, -0.05) is 69.0 Å². The van der Waals surface area contributed by atoms with E-state index in [1.54, 1.807) is 24.3 Å². The van der Waals surface area contributed by atoms with Crippen molar-refractivity contribution in [3.8, 4) is 67.0 Å². The number of methoxy groups -OCH3 is 2. The third-order valence-electron chi connectivity index (χ3n) is 13.0. The van der Waals surface area contributed by atoms with Gasteiger partial charge in [-0.05, 0) is 138 Å². The minimum atomic E-state index is -4.79. The Kier molecular flexibility index (Phi) is 21.2. The molecule has 4 aromatic heterocycles. The number of para-hydroxylation sites is 2. The average Bonchev–Trinajstić information content (AvgIpc) is 1.77. The van der Waals surface area contributed by atoms with E-state index in [9.17, 15) is 61.5 Å². The number of amides is 2. The van der Waals surface area contributed by atoms with Gasteiger partial charge in [-0.3, -0.25) is 18.7 Å². The molecular weight excluding hydrogens is 1290 g/mol. The molecule has 10 aromatic rings. The molecule has 2 N–H and O–H groups in total. The minimum Gasteiger partial charge on any atom is -0.748 e. The maximum Gasteiger partial charge on any atom is 0.365 e. The normalized spacial score (nSPS) is 11.9. The van der Waals surface area contributed by atoms with E-state index in [1.807, 2.05) is 60.7 Å². The third-order valence-corrected chi connectivity index (χ3v) is 17.7. The van der Waals surface area contributed by atoms with Crippen molar-refractivity contribution in [3.63, 3.8) is 0 Å². The second-order valence-corrected chi connectivity index (χ2v) is 27.0. The van der Waals surface area contributed by atoms with Gasteiger partial charge >= 0.3 is 10.3 Å². The van der Waals surface area contributed by atoms with Gasteiger partial charge in [-0.15, -0.1) is 0 Å². The van der Waals surface area contributed by atoms with Crippen molar-refractivity contribution in [2.45, 2.75) is 0 Å². The van der Waals surface area contributed by atoms with E-state index in [1.165, 1.54) is 105 Å². The second kappa shape index (κ2) is 27.7. The number of hydrogen-bond acceptors (Lipinski definition) is 22. The number of hydrogen-bond donors (Lipinski definition) is 2. The van der Waals surface area contributed by atoms with E-state index < -0.39 is 101 Å². The van der Waals surface area contributed by atoms with Gasteiger partial charge < -0.3 is 28.4 Å². The summed E-state index contributed by atoms with van der Waals surface area (Å²) in [6, 6.07) is 37.4. The van der Waals surface area contributed by atoms with Crippen LogP contribution in [0, 0.1) is 0 Å². The van der Waals surface area contributed by atoms with Gasteiger partial charge in [-0.25, -0.2) is 16.8 Å². The minimum absolute atomic E-state index is 0. The van der Waals surface area contributed by atoms with Crippen LogP contribution in [0.5, 0.6) is 11.5 Å². The van der Waals surface area contributed by atoms with Crippen LogP contribution in [0.4, 0.5) is 0 Å². The number of aromatic nitrogens is 10. The predicted octanol–water partition coefficient (Wildman–Crippen LogP) is 2.63. The van der Waals surface area contributed by atoms with Gasteiger partial charge in [0, 0.05) is 118 Å². The standard InChI is InChI=1S/C52H46N12O16S6.2Na/c1-79-43-31-37(19-21-41(43)61-55-47(57-63(61)51-53-39-7-3-5-9-45(39)81-51)33-11-15-35(16-12-33)49(65)59(23-27-83(67,68)69)24-28-84(70,71)72)38-20-22-42(44(32-38)80-2)62-56-48(58-64(62)52-54-40-8-4-6-10-46(40)82-52)34-13-17-36(18-14-34)50(66)60(25-29-85(73,74)75)26-30-86(76,77)78;;/h3-22,31-32H,23-30H2,1-2H3,(H2-2,67,68,69,70,71,72,73,74,75,76,77,78);;. The number of thiazole rings is 2. The first-order valence-electron chi connectivity index (χ1n) is 25.3. The molecule has 10 rings (SSSR count). The SMILES string of the molecule is COc1cc(-c2ccc(-n3nc(-c4ccc(C(=O)N(CCS(=O)(=O)[O-])CCS(=O)(=O)O)cc4)n[n+]3-c3nc4ccccc4s3)c(OC)c2)ccc1-n1nc(-c2ccc(C(=O)N(CCS(=O)(=O)[O-])CCS(=O)(=O)O)cc2)n[n+]1-c1nc2ccccc2s1.[Na].[Na]. The van der Waals surface area contributed by atoms with Crippen LogP contribution in [0.15, 0.2) is 133 Å². The average molecular weight is 1330 g/mol. The molecule has 0 aliphatic rings. The number of tetrazole rings is 2. The van der Waals surface area contributed by atoms with Crippen molar-refractivity contribution in [3.05, 3.63) is 145 Å². The van der Waals surface area contributed by atoms with Crippen LogP contribution in [0.25, 0.3) is 76.0 Å². The number of benzene rings is 6. The molecule has 6 aromatic carbocycles. The van der Waals surface area contributed by atoms with E-state index in [-0.39, 0.29) is 81.9 Å². The van der Waals surface area contributed by atoms with Crippen molar-refractivity contribution >= 4 is 155 Å². The molecule has 36 heteroatoms. The number of carbonyl (C=O) groups is 2. The summed E-state index contributed by atoms with van der Waals surface area (Å²) in [6.45, 7) is -2.42. The Morgan fingerprint density at radius 2 is 0.852 bits per heavy atom. The molecule has 2 radical (unpaired) electrons. The Hall–Kier alpha value is -6.58. The van der Waals surface area contributed by atoms with E-state index >= 15 is 0 Å². The smallest absolute Gasteiger partial charge is 0.365 e. The number of fused-ring (bicyclic) bond motifs is 2. The predicted molar refractivity (Wildman–Crippen MR) is 320 cm³/mol. The molecule has 0 atom stereocenters. The molecule has 0 bridgehead atoms. The summed E-state index contributed by atoms with van der Waals surface area (Å²) in [4.78, 5) is 44.4. The van der Waals surface area contributed by atoms with Crippen LogP contribution >= 0.6 is 22.7 Å². The summed E-state index contributed by atoms with van der Waals surface area (Å²) in [5, 5.41) is 20.3. The van der Waals surface area contributed by atoms with Gasteiger partial charge in [-0.2, -0.15) is 16.8 Å². The number of rotatable bonds is 23. The first kappa shape index (κ1) is 67.4. The number of carbonyl (C=O) groups excluding carboxylic acids is 2. The summed E-state index contributed by atoms with van der Waals surface area (Å²) < 4.78 is 147. The summed E-state index contributed by atoms with van der Waals surface area (Å²) in [5.74, 6) is -4.37. The van der Waals surface area contributed by atoms with Crippen molar-refractivity contribution in [2.24, 2.45) is 0 Å². The molecular formula is C52H46N12Na2O16S6. The molecule has 0 fully saturated rings. The van der Waals surface area contributed by atoms with Crippen LogP contribution in [0.2, 0.25) is 0 Å². The van der Waals surface area contributed by atoms with Crippen LogP contribution < -0.4 is 19.1 Å². The van der Waals surface area contributed by atoms with Gasteiger partial charge in [0.1, 0.15) is 11.5 Å². The van der Waals surface area contributed by atoms with Crippen LogP contribution in [-0.4, -0.2) is 236 Å². The molecule has 4 heterocycles. The molecule has 28 nitrogen and oxygen atoms in total. The summed E-state index contributed by atoms with van der Waals surface area (Å²) in [7, 11) is -15.7. The molecule has 448 valence electrons. The topological polar surface area (TPSA) is 377 Å². The fourth-order valence-corrected chi connectivity index (χ4v) is 12.3. The Labute approximate surface area is 554 Å². The second-order valence-electron chi connectivity index (χ2n) is 18.7. The number of nitrogens with zero attached hydrogens (tertiary/aromatic N) is 12. The fraction of sp³-hybridized carbons (Fsp3) is 0.192. The van der Waals surface area contributed by atoms with Crippen molar-refractivity contribution in [1.82, 2.24) is 49.8 Å². The van der Waals surface area contributed by atoms with Crippen molar-refractivity contribution in [2.75, 3.05) is 63.4 Å². The molecule has 0 saturated heterocycles. The number of ether oxygens (including phenoxy) is 2. The zero-order valence-electron chi connectivity index (χ0n) is 46.8.